The highest BCUT2D eigenvalue weighted by molar-refractivity contribution is 5.48. The number of H-pyrrole nitrogens is 1. The highest BCUT2D eigenvalue weighted by Crippen LogP contribution is 2.11. The number of aromatic nitrogens is 4. The summed E-state index contributed by atoms with van der Waals surface area (Å²) in [4.78, 5) is 8.59. The van der Waals surface area contributed by atoms with Crippen LogP contribution < -0.4 is 0 Å². The van der Waals surface area contributed by atoms with E-state index in [1.807, 2.05) is 26.0 Å². The van der Waals surface area contributed by atoms with Gasteiger partial charge in [-0.05, 0) is 26.0 Å². The molecule has 0 bridgehead atoms. The average molecular weight is 174 g/mol. The van der Waals surface area contributed by atoms with E-state index in [1.54, 1.807) is 6.20 Å². The Balaban J connectivity index is 2.53. The number of hydrogen-bond donors (Lipinski definition) is 1. The van der Waals surface area contributed by atoms with Gasteiger partial charge in [0.2, 0.25) is 0 Å². The van der Waals surface area contributed by atoms with Crippen LogP contribution in [0.2, 0.25) is 0 Å². The molecule has 0 unspecified atom stereocenters. The van der Waals surface area contributed by atoms with Crippen molar-refractivity contribution in [3.05, 3.63) is 29.7 Å². The Morgan fingerprint density at radius 1 is 1.15 bits per heavy atom. The Labute approximate surface area is 76.1 Å². The molecule has 0 radical (unpaired) electrons. The third-order valence-electron chi connectivity index (χ3n) is 1.72. The summed E-state index contributed by atoms with van der Waals surface area (Å²) in [7, 11) is 0. The normalized spacial score (nSPS) is 10.3. The van der Waals surface area contributed by atoms with Gasteiger partial charge in [0.1, 0.15) is 5.69 Å². The van der Waals surface area contributed by atoms with Gasteiger partial charge < -0.3 is 0 Å². The molecule has 0 aliphatic rings. The minimum absolute atomic E-state index is 0.704. The summed E-state index contributed by atoms with van der Waals surface area (Å²) in [6.45, 7) is 3.91. The van der Waals surface area contributed by atoms with E-state index in [1.165, 1.54) is 0 Å². The molecular formula is C9H10N4. The van der Waals surface area contributed by atoms with Gasteiger partial charge in [-0.2, -0.15) is 5.10 Å². The lowest BCUT2D eigenvalue weighted by molar-refractivity contribution is 1.02. The maximum absolute atomic E-state index is 4.29. The largest absolute Gasteiger partial charge is 0.275 e. The molecule has 2 heterocycles. The van der Waals surface area contributed by atoms with E-state index in [4.69, 9.17) is 0 Å². The van der Waals surface area contributed by atoms with Crippen LogP contribution in [0.5, 0.6) is 0 Å². The van der Waals surface area contributed by atoms with Gasteiger partial charge in [-0.1, -0.05) is 0 Å². The van der Waals surface area contributed by atoms with Crippen molar-refractivity contribution >= 4 is 0 Å². The second-order valence-electron chi connectivity index (χ2n) is 2.94. The summed E-state index contributed by atoms with van der Waals surface area (Å²) < 4.78 is 0. The highest BCUT2D eigenvalue weighted by Gasteiger charge is 2.02. The predicted octanol–water partition coefficient (Wildman–Crippen LogP) is 1.48. The predicted molar refractivity (Wildman–Crippen MR) is 49.1 cm³/mol. The summed E-state index contributed by atoms with van der Waals surface area (Å²) in [5.41, 5.74) is 2.79. The van der Waals surface area contributed by atoms with Gasteiger partial charge in [0.05, 0.1) is 0 Å². The Morgan fingerprint density at radius 3 is 2.38 bits per heavy atom. The SMILES string of the molecule is Cc1cc(C)nc(-c2ccn[nH]2)n1. The summed E-state index contributed by atoms with van der Waals surface area (Å²) in [5, 5.41) is 6.69. The molecule has 4 nitrogen and oxygen atoms in total. The van der Waals surface area contributed by atoms with Crippen LogP contribution in [-0.2, 0) is 0 Å². The first-order valence-corrected chi connectivity index (χ1v) is 4.08. The van der Waals surface area contributed by atoms with Crippen LogP contribution in [0.25, 0.3) is 11.5 Å². The third kappa shape index (κ3) is 1.56. The van der Waals surface area contributed by atoms with Crippen molar-refractivity contribution in [2.75, 3.05) is 0 Å². The third-order valence-corrected chi connectivity index (χ3v) is 1.72. The van der Waals surface area contributed by atoms with Crippen LogP contribution >= 0.6 is 0 Å². The number of nitrogens with one attached hydrogen (secondary N) is 1. The molecule has 0 aliphatic heterocycles. The van der Waals surface area contributed by atoms with Crippen LogP contribution in [-0.4, -0.2) is 20.2 Å². The molecule has 1 N–H and O–H groups in total. The van der Waals surface area contributed by atoms with Crippen LogP contribution in [0.4, 0.5) is 0 Å². The first-order valence-electron chi connectivity index (χ1n) is 4.08. The zero-order valence-electron chi connectivity index (χ0n) is 7.57. The molecule has 0 saturated heterocycles. The fraction of sp³-hybridized carbons (Fsp3) is 0.222. The molecule has 0 spiro atoms. The molecule has 0 amide bonds. The lowest BCUT2D eigenvalue weighted by Gasteiger charge is -1.99. The lowest BCUT2D eigenvalue weighted by atomic mass is 10.3. The summed E-state index contributed by atoms with van der Waals surface area (Å²) in [6.07, 6.45) is 1.69. The second-order valence-corrected chi connectivity index (χ2v) is 2.94. The van der Waals surface area contributed by atoms with Gasteiger partial charge in [0.25, 0.3) is 0 Å². The molecule has 66 valence electrons. The highest BCUT2D eigenvalue weighted by atomic mass is 15.1. The number of nitrogens with zero attached hydrogens (tertiary/aromatic N) is 3. The molecule has 4 heteroatoms. The smallest absolute Gasteiger partial charge is 0.177 e. The van der Waals surface area contributed by atoms with Crippen LogP contribution in [0.15, 0.2) is 18.3 Å². The van der Waals surface area contributed by atoms with Gasteiger partial charge >= 0.3 is 0 Å². The topological polar surface area (TPSA) is 54.5 Å². The van der Waals surface area contributed by atoms with Gasteiger partial charge in [-0.25, -0.2) is 9.97 Å². The zero-order valence-corrected chi connectivity index (χ0v) is 7.57. The monoisotopic (exact) mass is 174 g/mol. The van der Waals surface area contributed by atoms with Crippen LogP contribution in [0, 0.1) is 13.8 Å². The molecule has 0 atom stereocenters. The van der Waals surface area contributed by atoms with Crippen molar-refractivity contribution in [1.29, 1.82) is 0 Å². The quantitative estimate of drug-likeness (QED) is 0.712. The minimum atomic E-state index is 0.704. The van der Waals surface area contributed by atoms with E-state index in [0.29, 0.717) is 5.82 Å². The summed E-state index contributed by atoms with van der Waals surface area (Å²) in [5.74, 6) is 0.704. The maximum atomic E-state index is 4.29. The van der Waals surface area contributed by atoms with Gasteiger partial charge in [-0.3, -0.25) is 5.10 Å². The average Bonchev–Trinajstić information content (AvgIpc) is 2.53. The van der Waals surface area contributed by atoms with Crippen molar-refractivity contribution < 1.29 is 0 Å². The van der Waals surface area contributed by atoms with Gasteiger partial charge in [0.15, 0.2) is 5.82 Å². The molecule has 2 rings (SSSR count). The number of hydrogen-bond acceptors (Lipinski definition) is 3. The standard InChI is InChI=1S/C9H10N4/c1-6-5-7(2)12-9(11-6)8-3-4-10-13-8/h3-5H,1-2H3,(H,10,13). The van der Waals surface area contributed by atoms with E-state index in [-0.39, 0.29) is 0 Å². The van der Waals surface area contributed by atoms with Crippen LogP contribution in [0.1, 0.15) is 11.4 Å². The fourth-order valence-corrected chi connectivity index (χ4v) is 1.23. The molecule has 0 fully saturated rings. The summed E-state index contributed by atoms with van der Waals surface area (Å²) in [6, 6.07) is 3.80. The molecule has 2 aromatic rings. The number of aromatic amines is 1. The van der Waals surface area contributed by atoms with Crippen molar-refractivity contribution in [1.82, 2.24) is 20.2 Å². The molecule has 0 saturated carbocycles. The van der Waals surface area contributed by atoms with E-state index in [2.05, 4.69) is 20.2 Å². The van der Waals surface area contributed by atoms with E-state index in [9.17, 15) is 0 Å². The molecule has 0 aliphatic carbocycles. The van der Waals surface area contributed by atoms with E-state index in [0.717, 1.165) is 17.1 Å². The minimum Gasteiger partial charge on any atom is -0.275 e. The molecule has 13 heavy (non-hydrogen) atoms. The maximum Gasteiger partial charge on any atom is 0.177 e. The first-order chi connectivity index (χ1) is 6.25. The van der Waals surface area contributed by atoms with Crippen molar-refractivity contribution in [3.8, 4) is 11.5 Å². The molecule has 2 aromatic heterocycles. The van der Waals surface area contributed by atoms with Crippen LogP contribution in [0.3, 0.4) is 0 Å². The molecular weight excluding hydrogens is 164 g/mol. The Morgan fingerprint density at radius 2 is 1.85 bits per heavy atom. The van der Waals surface area contributed by atoms with Gasteiger partial charge in [0, 0.05) is 17.6 Å². The molecule has 0 aromatic carbocycles. The number of aryl methyl sites for hydroxylation is 2. The van der Waals surface area contributed by atoms with Crippen molar-refractivity contribution in [3.63, 3.8) is 0 Å². The van der Waals surface area contributed by atoms with E-state index >= 15 is 0 Å². The van der Waals surface area contributed by atoms with Crippen molar-refractivity contribution in [2.45, 2.75) is 13.8 Å². The van der Waals surface area contributed by atoms with Crippen molar-refractivity contribution in [2.24, 2.45) is 0 Å². The Kier molecular flexibility index (Phi) is 1.81. The fourth-order valence-electron chi connectivity index (χ4n) is 1.23. The number of rotatable bonds is 1. The van der Waals surface area contributed by atoms with Gasteiger partial charge in [-0.15, -0.1) is 0 Å². The first kappa shape index (κ1) is 7.91. The second kappa shape index (κ2) is 2.97. The zero-order chi connectivity index (χ0) is 9.26. The van der Waals surface area contributed by atoms with E-state index < -0.39 is 0 Å². The lowest BCUT2D eigenvalue weighted by Crippen LogP contribution is -1.94. The Bertz CT molecular complexity index is 385. The Hall–Kier alpha value is -1.71. The summed E-state index contributed by atoms with van der Waals surface area (Å²) >= 11 is 0.